The van der Waals surface area contributed by atoms with Crippen molar-refractivity contribution in [3.63, 3.8) is 0 Å². The Morgan fingerprint density at radius 1 is 1.25 bits per heavy atom. The van der Waals surface area contributed by atoms with Crippen LogP contribution in [0.25, 0.3) is 0 Å². The molecule has 0 aromatic carbocycles. The lowest BCUT2D eigenvalue weighted by atomic mass is 9.85. The van der Waals surface area contributed by atoms with Crippen LogP contribution in [0, 0.1) is 5.41 Å². The van der Waals surface area contributed by atoms with Crippen molar-refractivity contribution < 1.29 is 0 Å². The lowest BCUT2D eigenvalue weighted by Crippen LogP contribution is -2.43. The highest BCUT2D eigenvalue weighted by molar-refractivity contribution is 4.89. The molecule has 0 radical (unpaired) electrons. The van der Waals surface area contributed by atoms with Crippen LogP contribution in [0.1, 0.15) is 52.9 Å². The van der Waals surface area contributed by atoms with Crippen molar-refractivity contribution in [1.29, 1.82) is 0 Å². The van der Waals surface area contributed by atoms with E-state index in [1.165, 1.54) is 51.7 Å². The van der Waals surface area contributed by atoms with Crippen LogP contribution in [0.15, 0.2) is 0 Å². The maximum absolute atomic E-state index is 3.65. The van der Waals surface area contributed by atoms with Crippen LogP contribution >= 0.6 is 0 Å². The highest BCUT2D eigenvalue weighted by Gasteiger charge is 2.34. The molecule has 0 aromatic heterocycles. The van der Waals surface area contributed by atoms with Gasteiger partial charge in [-0.1, -0.05) is 33.6 Å². The molecule has 1 rings (SSSR count). The Morgan fingerprint density at radius 3 is 2.38 bits per heavy atom. The van der Waals surface area contributed by atoms with Crippen LogP contribution in [0.4, 0.5) is 0 Å². The predicted molar refractivity (Wildman–Crippen MR) is 71.8 cm³/mol. The Morgan fingerprint density at radius 2 is 1.88 bits per heavy atom. The zero-order valence-electron chi connectivity index (χ0n) is 11.7. The lowest BCUT2D eigenvalue weighted by molar-refractivity contribution is 0.169. The average molecular weight is 226 g/mol. The van der Waals surface area contributed by atoms with E-state index in [9.17, 15) is 0 Å². The van der Waals surface area contributed by atoms with Crippen LogP contribution in [-0.4, -0.2) is 37.6 Å². The molecule has 16 heavy (non-hydrogen) atoms. The molecule has 0 spiro atoms. The summed E-state index contributed by atoms with van der Waals surface area (Å²) in [5.74, 6) is 0. The predicted octanol–water partition coefficient (Wildman–Crippen LogP) is 2.89. The van der Waals surface area contributed by atoms with Gasteiger partial charge in [0.2, 0.25) is 0 Å². The monoisotopic (exact) mass is 226 g/mol. The van der Waals surface area contributed by atoms with Gasteiger partial charge in [0.05, 0.1) is 0 Å². The van der Waals surface area contributed by atoms with Crippen LogP contribution in [0.3, 0.4) is 0 Å². The molecule has 1 aliphatic rings. The zero-order chi connectivity index (χ0) is 12.0. The number of hydrogen-bond acceptors (Lipinski definition) is 2. The normalized spacial score (nSPS) is 19.9. The molecule has 0 bridgehead atoms. The van der Waals surface area contributed by atoms with Gasteiger partial charge in [-0.25, -0.2) is 0 Å². The lowest BCUT2D eigenvalue weighted by Gasteiger charge is -2.34. The van der Waals surface area contributed by atoms with Crippen molar-refractivity contribution in [3.8, 4) is 0 Å². The second-order valence-corrected chi connectivity index (χ2v) is 5.98. The fourth-order valence-electron chi connectivity index (χ4n) is 2.97. The highest BCUT2D eigenvalue weighted by Crippen LogP contribution is 2.38. The molecule has 1 saturated carbocycles. The number of rotatable bonds is 7. The van der Waals surface area contributed by atoms with Gasteiger partial charge in [0, 0.05) is 19.1 Å². The molecule has 0 saturated heterocycles. The van der Waals surface area contributed by atoms with E-state index >= 15 is 0 Å². The molecule has 2 heteroatoms. The molecule has 0 heterocycles. The summed E-state index contributed by atoms with van der Waals surface area (Å²) in [4.78, 5) is 2.52. The average Bonchev–Trinajstić information content (AvgIpc) is 2.64. The van der Waals surface area contributed by atoms with Crippen LogP contribution in [-0.2, 0) is 0 Å². The topological polar surface area (TPSA) is 15.3 Å². The maximum atomic E-state index is 3.65. The minimum Gasteiger partial charge on any atom is -0.314 e. The first kappa shape index (κ1) is 14.0. The van der Waals surface area contributed by atoms with Crippen molar-refractivity contribution in [3.05, 3.63) is 0 Å². The van der Waals surface area contributed by atoms with E-state index in [2.05, 4.69) is 38.0 Å². The number of nitrogens with one attached hydrogen (secondary N) is 1. The number of nitrogens with zero attached hydrogens (tertiary/aromatic N) is 1. The van der Waals surface area contributed by atoms with Gasteiger partial charge < -0.3 is 10.2 Å². The second kappa shape index (κ2) is 6.61. The van der Waals surface area contributed by atoms with Crippen molar-refractivity contribution >= 4 is 0 Å². The van der Waals surface area contributed by atoms with Gasteiger partial charge in [-0.2, -0.15) is 0 Å². The Bertz CT molecular complexity index is 183. The van der Waals surface area contributed by atoms with Crippen molar-refractivity contribution in [2.45, 2.75) is 58.9 Å². The SMILES string of the molecule is CCCN(C)CC1(CNC(C)C)CCCC1. The molecular weight excluding hydrogens is 196 g/mol. The first-order valence-corrected chi connectivity index (χ1v) is 7.00. The van der Waals surface area contributed by atoms with Gasteiger partial charge in [0.25, 0.3) is 0 Å². The molecule has 0 aliphatic heterocycles. The van der Waals surface area contributed by atoms with Crippen molar-refractivity contribution in [2.75, 3.05) is 26.7 Å². The Labute approximate surface area is 102 Å². The van der Waals surface area contributed by atoms with E-state index in [4.69, 9.17) is 0 Å². The molecule has 2 nitrogen and oxygen atoms in total. The summed E-state index contributed by atoms with van der Waals surface area (Å²) >= 11 is 0. The third-order valence-electron chi connectivity index (χ3n) is 3.76. The summed E-state index contributed by atoms with van der Waals surface area (Å²) in [6.45, 7) is 10.5. The maximum Gasteiger partial charge on any atom is 0.00471 e. The van der Waals surface area contributed by atoms with Crippen LogP contribution in [0.2, 0.25) is 0 Å². The minimum atomic E-state index is 0.564. The standard InChI is InChI=1S/C14H30N2/c1-5-10-16(4)12-14(8-6-7-9-14)11-15-13(2)3/h13,15H,5-12H2,1-4H3. The Balaban J connectivity index is 2.44. The molecule has 1 aliphatic carbocycles. The van der Waals surface area contributed by atoms with E-state index < -0.39 is 0 Å². The quantitative estimate of drug-likeness (QED) is 0.718. The third-order valence-corrected chi connectivity index (χ3v) is 3.76. The van der Waals surface area contributed by atoms with E-state index in [-0.39, 0.29) is 0 Å². The van der Waals surface area contributed by atoms with Crippen LogP contribution in [0.5, 0.6) is 0 Å². The van der Waals surface area contributed by atoms with E-state index in [1.807, 2.05) is 0 Å². The molecular formula is C14H30N2. The minimum absolute atomic E-state index is 0.564. The van der Waals surface area contributed by atoms with E-state index in [0.29, 0.717) is 11.5 Å². The van der Waals surface area contributed by atoms with Crippen molar-refractivity contribution in [2.24, 2.45) is 5.41 Å². The smallest absolute Gasteiger partial charge is 0.00471 e. The summed E-state index contributed by atoms with van der Waals surface area (Å²) in [6.07, 6.45) is 6.96. The first-order chi connectivity index (χ1) is 7.58. The Kier molecular flexibility index (Phi) is 5.77. The summed E-state index contributed by atoms with van der Waals surface area (Å²) in [5, 5.41) is 3.65. The van der Waals surface area contributed by atoms with E-state index in [1.54, 1.807) is 0 Å². The molecule has 0 atom stereocenters. The summed E-state index contributed by atoms with van der Waals surface area (Å²) in [5.41, 5.74) is 0.564. The van der Waals surface area contributed by atoms with E-state index in [0.717, 1.165) is 0 Å². The molecule has 1 fully saturated rings. The van der Waals surface area contributed by atoms with Gasteiger partial charge in [-0.15, -0.1) is 0 Å². The fourth-order valence-corrected chi connectivity index (χ4v) is 2.97. The first-order valence-electron chi connectivity index (χ1n) is 7.00. The number of hydrogen-bond donors (Lipinski definition) is 1. The van der Waals surface area contributed by atoms with Gasteiger partial charge in [-0.05, 0) is 38.3 Å². The highest BCUT2D eigenvalue weighted by atomic mass is 15.1. The molecule has 1 N–H and O–H groups in total. The van der Waals surface area contributed by atoms with Gasteiger partial charge >= 0.3 is 0 Å². The van der Waals surface area contributed by atoms with Gasteiger partial charge in [-0.3, -0.25) is 0 Å². The van der Waals surface area contributed by atoms with Crippen LogP contribution < -0.4 is 5.32 Å². The third kappa shape index (κ3) is 4.42. The Hall–Kier alpha value is -0.0800. The summed E-state index contributed by atoms with van der Waals surface area (Å²) in [7, 11) is 2.28. The zero-order valence-corrected chi connectivity index (χ0v) is 11.7. The molecule has 0 unspecified atom stereocenters. The second-order valence-electron chi connectivity index (χ2n) is 5.98. The van der Waals surface area contributed by atoms with Gasteiger partial charge in [0.15, 0.2) is 0 Å². The molecule has 0 aromatic rings. The van der Waals surface area contributed by atoms with Gasteiger partial charge in [0.1, 0.15) is 0 Å². The van der Waals surface area contributed by atoms with Crippen molar-refractivity contribution in [1.82, 2.24) is 10.2 Å². The molecule has 96 valence electrons. The molecule has 0 amide bonds. The largest absolute Gasteiger partial charge is 0.314 e. The summed E-state index contributed by atoms with van der Waals surface area (Å²) in [6, 6.07) is 0.619. The fraction of sp³-hybridized carbons (Fsp3) is 1.00. The summed E-state index contributed by atoms with van der Waals surface area (Å²) < 4.78 is 0.